The van der Waals surface area contributed by atoms with Crippen molar-refractivity contribution in [2.24, 2.45) is 5.92 Å². The fourth-order valence-corrected chi connectivity index (χ4v) is 3.81. The van der Waals surface area contributed by atoms with Crippen molar-refractivity contribution < 1.29 is 0 Å². The summed E-state index contributed by atoms with van der Waals surface area (Å²) in [5, 5.41) is 6.84. The fourth-order valence-electron chi connectivity index (χ4n) is 2.79. The van der Waals surface area contributed by atoms with Crippen LogP contribution in [0.3, 0.4) is 0 Å². The van der Waals surface area contributed by atoms with Crippen molar-refractivity contribution in [2.75, 3.05) is 25.9 Å². The molecule has 3 heteroatoms. The lowest BCUT2D eigenvalue weighted by Gasteiger charge is -2.35. The van der Waals surface area contributed by atoms with Crippen LogP contribution in [0.15, 0.2) is 23.1 Å². The first-order valence-corrected chi connectivity index (χ1v) is 7.50. The summed E-state index contributed by atoms with van der Waals surface area (Å²) < 4.78 is 0. The Morgan fingerprint density at radius 1 is 1.41 bits per heavy atom. The molecule has 2 N–H and O–H groups in total. The van der Waals surface area contributed by atoms with Crippen molar-refractivity contribution in [2.45, 2.75) is 23.8 Å². The summed E-state index contributed by atoms with van der Waals surface area (Å²) in [6.07, 6.45) is 2.59. The molecule has 2 aliphatic rings. The molecular formula is C14H20N2S. The standard InChI is InChI=1S/C14H20N2S/c1-15-14(12-8-16-9-12)11-4-5-13-10(7-11)3-2-6-17-13/h4-5,7,12,14-16H,2-3,6,8-9H2,1H3. The van der Waals surface area contributed by atoms with Crippen molar-refractivity contribution >= 4 is 11.8 Å². The highest BCUT2D eigenvalue weighted by molar-refractivity contribution is 7.99. The van der Waals surface area contributed by atoms with Crippen molar-refractivity contribution in [3.63, 3.8) is 0 Å². The van der Waals surface area contributed by atoms with Crippen LogP contribution in [-0.4, -0.2) is 25.9 Å². The number of hydrogen-bond donors (Lipinski definition) is 2. The van der Waals surface area contributed by atoms with Crippen LogP contribution in [-0.2, 0) is 6.42 Å². The van der Waals surface area contributed by atoms with Gasteiger partial charge < -0.3 is 10.6 Å². The van der Waals surface area contributed by atoms with Gasteiger partial charge in [-0.2, -0.15) is 0 Å². The molecule has 0 saturated carbocycles. The quantitative estimate of drug-likeness (QED) is 0.857. The highest BCUT2D eigenvalue weighted by atomic mass is 32.2. The summed E-state index contributed by atoms with van der Waals surface area (Å²) in [5.41, 5.74) is 3.03. The van der Waals surface area contributed by atoms with Crippen LogP contribution < -0.4 is 10.6 Å². The van der Waals surface area contributed by atoms with E-state index in [1.165, 1.54) is 29.1 Å². The molecule has 2 heterocycles. The molecule has 0 bridgehead atoms. The molecule has 3 rings (SSSR count). The van der Waals surface area contributed by atoms with E-state index < -0.39 is 0 Å². The van der Waals surface area contributed by atoms with Crippen LogP contribution in [0.25, 0.3) is 0 Å². The molecule has 0 aliphatic carbocycles. The Morgan fingerprint density at radius 3 is 3.00 bits per heavy atom. The molecule has 0 spiro atoms. The zero-order valence-corrected chi connectivity index (χ0v) is 11.1. The number of benzene rings is 1. The van der Waals surface area contributed by atoms with Gasteiger partial charge in [0.05, 0.1) is 0 Å². The average Bonchev–Trinajstić information content (AvgIpc) is 2.33. The fraction of sp³-hybridized carbons (Fsp3) is 0.571. The Morgan fingerprint density at radius 2 is 2.29 bits per heavy atom. The summed E-state index contributed by atoms with van der Waals surface area (Å²) in [4.78, 5) is 1.50. The minimum atomic E-state index is 0.522. The largest absolute Gasteiger partial charge is 0.316 e. The first kappa shape index (κ1) is 11.6. The van der Waals surface area contributed by atoms with E-state index in [-0.39, 0.29) is 0 Å². The molecule has 1 atom stereocenters. The van der Waals surface area contributed by atoms with E-state index in [0.29, 0.717) is 6.04 Å². The first-order valence-electron chi connectivity index (χ1n) is 6.52. The van der Waals surface area contributed by atoms with Crippen molar-refractivity contribution in [1.82, 2.24) is 10.6 Å². The highest BCUT2D eigenvalue weighted by Gasteiger charge is 2.27. The summed E-state index contributed by atoms with van der Waals surface area (Å²) >= 11 is 2.01. The third-order valence-corrected chi connectivity index (χ3v) is 5.09. The van der Waals surface area contributed by atoms with Crippen LogP contribution in [0.1, 0.15) is 23.6 Å². The molecule has 92 valence electrons. The minimum absolute atomic E-state index is 0.522. The zero-order valence-electron chi connectivity index (χ0n) is 10.3. The number of fused-ring (bicyclic) bond motifs is 1. The maximum atomic E-state index is 3.48. The Bertz CT molecular complexity index is 401. The zero-order chi connectivity index (χ0) is 11.7. The minimum Gasteiger partial charge on any atom is -0.316 e. The normalized spacial score (nSPS) is 21.7. The van der Waals surface area contributed by atoms with Gasteiger partial charge >= 0.3 is 0 Å². The molecule has 1 saturated heterocycles. The van der Waals surface area contributed by atoms with Gasteiger partial charge in [0, 0.05) is 29.9 Å². The number of nitrogens with one attached hydrogen (secondary N) is 2. The molecule has 17 heavy (non-hydrogen) atoms. The first-order chi connectivity index (χ1) is 8.38. The number of rotatable bonds is 3. The highest BCUT2D eigenvalue weighted by Crippen LogP contribution is 2.33. The SMILES string of the molecule is CNC(c1ccc2c(c1)CCCS2)C1CNC1. The molecule has 0 aromatic heterocycles. The van der Waals surface area contributed by atoms with Crippen LogP contribution in [0.4, 0.5) is 0 Å². The Kier molecular flexibility index (Phi) is 3.41. The van der Waals surface area contributed by atoms with E-state index in [2.05, 4.69) is 35.9 Å². The molecular weight excluding hydrogens is 228 g/mol. The summed E-state index contributed by atoms with van der Waals surface area (Å²) in [5.74, 6) is 2.04. The van der Waals surface area contributed by atoms with Gasteiger partial charge in [0.15, 0.2) is 0 Å². The van der Waals surface area contributed by atoms with Crippen molar-refractivity contribution in [1.29, 1.82) is 0 Å². The van der Waals surface area contributed by atoms with E-state index in [0.717, 1.165) is 19.0 Å². The topological polar surface area (TPSA) is 24.1 Å². The lowest BCUT2D eigenvalue weighted by molar-refractivity contribution is 0.268. The van der Waals surface area contributed by atoms with Gasteiger partial charge in [-0.1, -0.05) is 12.1 Å². The van der Waals surface area contributed by atoms with Crippen LogP contribution in [0.2, 0.25) is 0 Å². The van der Waals surface area contributed by atoms with E-state index in [4.69, 9.17) is 0 Å². The molecule has 1 aromatic carbocycles. The van der Waals surface area contributed by atoms with E-state index in [1.54, 1.807) is 5.56 Å². The summed E-state index contributed by atoms with van der Waals surface area (Å²) in [6, 6.07) is 7.59. The van der Waals surface area contributed by atoms with Gasteiger partial charge in [0.25, 0.3) is 0 Å². The lowest BCUT2D eigenvalue weighted by Crippen LogP contribution is -2.48. The molecule has 1 fully saturated rings. The maximum Gasteiger partial charge on any atom is 0.0370 e. The van der Waals surface area contributed by atoms with Crippen molar-refractivity contribution in [3.05, 3.63) is 29.3 Å². The Balaban J connectivity index is 1.86. The average molecular weight is 248 g/mol. The number of aryl methyl sites for hydroxylation is 1. The third kappa shape index (κ3) is 2.24. The number of thioether (sulfide) groups is 1. The Labute approximate surface area is 108 Å². The van der Waals surface area contributed by atoms with Crippen LogP contribution in [0.5, 0.6) is 0 Å². The predicted molar refractivity (Wildman–Crippen MR) is 73.6 cm³/mol. The van der Waals surface area contributed by atoms with Gasteiger partial charge in [-0.15, -0.1) is 11.8 Å². The summed E-state index contributed by atoms with van der Waals surface area (Å²) in [7, 11) is 2.08. The van der Waals surface area contributed by atoms with Gasteiger partial charge in [-0.05, 0) is 42.8 Å². The predicted octanol–water partition coefficient (Wildman–Crippen LogP) is 2.20. The van der Waals surface area contributed by atoms with Gasteiger partial charge in [-0.3, -0.25) is 0 Å². The molecule has 0 radical (unpaired) electrons. The van der Waals surface area contributed by atoms with Gasteiger partial charge in [-0.25, -0.2) is 0 Å². The molecule has 1 unspecified atom stereocenters. The second-order valence-electron chi connectivity index (χ2n) is 5.00. The molecule has 1 aromatic rings. The molecule has 2 aliphatic heterocycles. The molecule has 0 amide bonds. The molecule has 2 nitrogen and oxygen atoms in total. The maximum absolute atomic E-state index is 3.48. The van der Waals surface area contributed by atoms with Crippen molar-refractivity contribution in [3.8, 4) is 0 Å². The monoisotopic (exact) mass is 248 g/mol. The second-order valence-corrected chi connectivity index (χ2v) is 6.14. The van der Waals surface area contributed by atoms with Crippen LogP contribution >= 0.6 is 11.8 Å². The number of hydrogen-bond acceptors (Lipinski definition) is 3. The smallest absolute Gasteiger partial charge is 0.0370 e. The van der Waals surface area contributed by atoms with E-state index >= 15 is 0 Å². The van der Waals surface area contributed by atoms with E-state index in [1.807, 2.05) is 11.8 Å². The lowest BCUT2D eigenvalue weighted by atomic mass is 9.87. The third-order valence-electron chi connectivity index (χ3n) is 3.89. The summed E-state index contributed by atoms with van der Waals surface area (Å²) in [6.45, 7) is 2.30. The van der Waals surface area contributed by atoms with Crippen LogP contribution in [0, 0.1) is 5.92 Å². The Hall–Kier alpha value is -0.510. The van der Waals surface area contributed by atoms with E-state index in [9.17, 15) is 0 Å². The van der Waals surface area contributed by atoms with Gasteiger partial charge in [0.2, 0.25) is 0 Å². The van der Waals surface area contributed by atoms with Gasteiger partial charge in [0.1, 0.15) is 0 Å². The second kappa shape index (κ2) is 5.01.